The van der Waals surface area contributed by atoms with Gasteiger partial charge in [0.25, 0.3) is 0 Å². The van der Waals surface area contributed by atoms with Crippen LogP contribution in [-0.4, -0.2) is 42.1 Å². The number of imide groups is 1. The van der Waals surface area contributed by atoms with Gasteiger partial charge in [-0.2, -0.15) is 0 Å². The molecule has 4 aliphatic rings. The van der Waals surface area contributed by atoms with Crippen LogP contribution in [0, 0.1) is 6.92 Å². The van der Waals surface area contributed by atoms with Crippen LogP contribution < -0.4 is 14.8 Å². The van der Waals surface area contributed by atoms with Gasteiger partial charge in [-0.15, -0.1) is 0 Å². The number of hydrogen-bond donors (Lipinski definition) is 1. The highest BCUT2D eigenvalue weighted by molar-refractivity contribution is 6.02. The van der Waals surface area contributed by atoms with Crippen LogP contribution in [0.5, 0.6) is 11.5 Å². The standard InChI is InChI=1S/C18H20N2O4/c1-10-2-3-13-15(18(4-5-18)9-23-13)16(10)24-12-6-11(7-12)20-14(21)8-19-17(20)22/h2-3,11-12H,4-9H2,1H3,(H,19,22). The van der Waals surface area contributed by atoms with Crippen molar-refractivity contribution in [1.82, 2.24) is 10.2 Å². The first kappa shape index (κ1) is 14.1. The molecule has 2 heterocycles. The molecule has 2 aliphatic carbocycles. The Morgan fingerprint density at radius 2 is 2.08 bits per heavy atom. The minimum Gasteiger partial charge on any atom is -0.492 e. The lowest BCUT2D eigenvalue weighted by atomic mass is 9.87. The SMILES string of the molecule is Cc1ccc2c(c1OC1CC(N3C(=O)CNC3=O)C1)C1(CC1)CO2. The van der Waals surface area contributed by atoms with Crippen LogP contribution in [0.25, 0.3) is 0 Å². The average Bonchev–Trinajstić information content (AvgIpc) is 3.11. The summed E-state index contributed by atoms with van der Waals surface area (Å²) in [6, 6.07) is 3.78. The average molecular weight is 328 g/mol. The molecule has 1 aromatic carbocycles. The van der Waals surface area contributed by atoms with Crippen molar-refractivity contribution in [2.75, 3.05) is 13.2 Å². The number of ether oxygens (including phenoxy) is 2. The normalized spacial score (nSPS) is 29.1. The van der Waals surface area contributed by atoms with E-state index in [9.17, 15) is 9.59 Å². The maximum Gasteiger partial charge on any atom is 0.324 e. The van der Waals surface area contributed by atoms with Gasteiger partial charge in [-0.25, -0.2) is 4.79 Å². The van der Waals surface area contributed by atoms with Crippen molar-refractivity contribution in [1.29, 1.82) is 0 Å². The Morgan fingerprint density at radius 1 is 1.29 bits per heavy atom. The summed E-state index contributed by atoms with van der Waals surface area (Å²) in [5.74, 6) is 1.78. The van der Waals surface area contributed by atoms with E-state index in [1.165, 1.54) is 10.5 Å². The molecule has 3 fully saturated rings. The molecule has 6 nitrogen and oxygen atoms in total. The summed E-state index contributed by atoms with van der Waals surface area (Å²) in [6.45, 7) is 2.95. The van der Waals surface area contributed by atoms with Gasteiger partial charge in [-0.3, -0.25) is 9.69 Å². The largest absolute Gasteiger partial charge is 0.492 e. The molecule has 6 heteroatoms. The molecule has 0 bridgehead atoms. The van der Waals surface area contributed by atoms with Gasteiger partial charge in [0.2, 0.25) is 5.91 Å². The predicted molar refractivity (Wildman–Crippen MR) is 85.3 cm³/mol. The maximum atomic E-state index is 11.8. The Labute approximate surface area is 140 Å². The fourth-order valence-electron chi connectivity index (χ4n) is 4.09. The number of carbonyl (C=O) groups is 2. The summed E-state index contributed by atoms with van der Waals surface area (Å²) < 4.78 is 12.2. The fraction of sp³-hybridized carbons (Fsp3) is 0.556. The highest BCUT2D eigenvalue weighted by Crippen LogP contribution is 2.59. The van der Waals surface area contributed by atoms with E-state index in [1.807, 2.05) is 12.1 Å². The third-order valence-corrected chi connectivity index (χ3v) is 5.80. The Hall–Kier alpha value is -2.24. The van der Waals surface area contributed by atoms with E-state index in [-0.39, 0.29) is 36.0 Å². The number of hydrogen-bond acceptors (Lipinski definition) is 4. The van der Waals surface area contributed by atoms with Gasteiger partial charge in [0.15, 0.2) is 0 Å². The van der Waals surface area contributed by atoms with Crippen molar-refractivity contribution in [3.8, 4) is 11.5 Å². The van der Waals surface area contributed by atoms with Gasteiger partial charge in [0, 0.05) is 29.9 Å². The van der Waals surface area contributed by atoms with Crippen molar-refractivity contribution in [2.45, 2.75) is 50.2 Å². The predicted octanol–water partition coefficient (Wildman–Crippen LogP) is 1.88. The van der Waals surface area contributed by atoms with Gasteiger partial charge >= 0.3 is 6.03 Å². The van der Waals surface area contributed by atoms with Crippen LogP contribution in [0.2, 0.25) is 0 Å². The summed E-state index contributed by atoms with van der Waals surface area (Å²) in [6.07, 6.45) is 3.79. The minimum absolute atomic E-state index is 0.0341. The molecule has 1 aromatic rings. The number of benzene rings is 1. The van der Waals surface area contributed by atoms with Crippen LogP contribution in [-0.2, 0) is 10.2 Å². The molecule has 1 N–H and O–H groups in total. The zero-order valence-corrected chi connectivity index (χ0v) is 13.6. The van der Waals surface area contributed by atoms with Crippen molar-refractivity contribution >= 4 is 11.9 Å². The van der Waals surface area contributed by atoms with E-state index >= 15 is 0 Å². The molecule has 1 saturated heterocycles. The lowest BCUT2D eigenvalue weighted by Gasteiger charge is -2.39. The number of aryl methyl sites for hydroxylation is 1. The van der Waals surface area contributed by atoms with Gasteiger partial charge in [-0.05, 0) is 31.4 Å². The van der Waals surface area contributed by atoms with Gasteiger partial charge in [0.05, 0.1) is 13.2 Å². The molecule has 0 aromatic heterocycles. The topological polar surface area (TPSA) is 67.9 Å². The first-order valence-electron chi connectivity index (χ1n) is 8.61. The van der Waals surface area contributed by atoms with Crippen LogP contribution >= 0.6 is 0 Å². The Balaban J connectivity index is 1.33. The smallest absolute Gasteiger partial charge is 0.324 e. The molecule has 24 heavy (non-hydrogen) atoms. The van der Waals surface area contributed by atoms with E-state index in [4.69, 9.17) is 9.47 Å². The molecule has 126 valence electrons. The van der Waals surface area contributed by atoms with E-state index in [0.717, 1.165) is 36.5 Å². The van der Waals surface area contributed by atoms with Crippen LogP contribution in [0.4, 0.5) is 4.79 Å². The zero-order valence-electron chi connectivity index (χ0n) is 13.6. The summed E-state index contributed by atoms with van der Waals surface area (Å²) in [4.78, 5) is 24.8. The zero-order chi connectivity index (χ0) is 16.5. The number of nitrogens with one attached hydrogen (secondary N) is 1. The number of nitrogens with zero attached hydrogens (tertiary/aromatic N) is 1. The van der Waals surface area contributed by atoms with Crippen LogP contribution in [0.15, 0.2) is 12.1 Å². The Morgan fingerprint density at radius 3 is 2.75 bits per heavy atom. The first-order chi connectivity index (χ1) is 11.6. The van der Waals surface area contributed by atoms with E-state index in [0.29, 0.717) is 12.8 Å². The molecule has 0 radical (unpaired) electrons. The first-order valence-corrected chi connectivity index (χ1v) is 8.61. The maximum absolute atomic E-state index is 11.8. The Bertz CT molecular complexity index is 734. The summed E-state index contributed by atoms with van der Waals surface area (Å²) in [5, 5.41) is 2.58. The van der Waals surface area contributed by atoms with Gasteiger partial charge in [0.1, 0.15) is 17.6 Å². The summed E-state index contributed by atoms with van der Waals surface area (Å²) in [7, 11) is 0. The van der Waals surface area contributed by atoms with E-state index in [1.54, 1.807) is 0 Å². The van der Waals surface area contributed by atoms with Crippen molar-refractivity contribution in [3.05, 3.63) is 23.3 Å². The molecule has 1 spiro atoms. The Kier molecular flexibility index (Phi) is 2.74. The second-order valence-electron chi connectivity index (χ2n) is 7.44. The molecule has 5 rings (SSSR count). The van der Waals surface area contributed by atoms with Crippen LogP contribution in [0.1, 0.15) is 36.8 Å². The molecule has 2 saturated carbocycles. The molecular formula is C18H20N2O4. The second-order valence-corrected chi connectivity index (χ2v) is 7.44. The lowest BCUT2D eigenvalue weighted by Crippen LogP contribution is -2.52. The summed E-state index contributed by atoms with van der Waals surface area (Å²) in [5.41, 5.74) is 2.54. The molecule has 2 aliphatic heterocycles. The fourth-order valence-corrected chi connectivity index (χ4v) is 4.09. The van der Waals surface area contributed by atoms with E-state index in [2.05, 4.69) is 12.2 Å². The molecule has 0 unspecified atom stereocenters. The third kappa shape index (κ3) is 1.88. The van der Waals surface area contributed by atoms with Gasteiger partial charge < -0.3 is 14.8 Å². The highest BCUT2D eigenvalue weighted by Gasteiger charge is 2.53. The second kappa shape index (κ2) is 4.65. The minimum atomic E-state index is -0.273. The number of amides is 3. The van der Waals surface area contributed by atoms with E-state index < -0.39 is 0 Å². The monoisotopic (exact) mass is 328 g/mol. The number of urea groups is 1. The van der Waals surface area contributed by atoms with Crippen molar-refractivity contribution in [3.63, 3.8) is 0 Å². The number of carbonyl (C=O) groups excluding carboxylic acids is 2. The molecular weight excluding hydrogens is 308 g/mol. The summed E-state index contributed by atoms with van der Waals surface area (Å²) >= 11 is 0. The number of rotatable bonds is 3. The number of fused-ring (bicyclic) bond motifs is 2. The molecule has 0 atom stereocenters. The quantitative estimate of drug-likeness (QED) is 0.860. The van der Waals surface area contributed by atoms with Crippen molar-refractivity contribution < 1.29 is 19.1 Å². The van der Waals surface area contributed by atoms with Crippen molar-refractivity contribution in [2.24, 2.45) is 0 Å². The highest BCUT2D eigenvalue weighted by atomic mass is 16.5. The lowest BCUT2D eigenvalue weighted by molar-refractivity contribution is -0.129. The third-order valence-electron chi connectivity index (χ3n) is 5.80. The molecule has 3 amide bonds. The van der Waals surface area contributed by atoms with Gasteiger partial charge in [-0.1, -0.05) is 6.07 Å². The van der Waals surface area contributed by atoms with Crippen LogP contribution in [0.3, 0.4) is 0 Å².